The first kappa shape index (κ1) is 39.3. The Balaban J connectivity index is 2.86. The molecule has 250 valence electrons. The van der Waals surface area contributed by atoms with E-state index in [4.69, 9.17) is 10.5 Å². The number of ether oxygens (including phenoxy) is 1. The second-order valence-corrected chi connectivity index (χ2v) is 12.2. The number of amides is 1. The van der Waals surface area contributed by atoms with Crippen molar-refractivity contribution in [1.82, 2.24) is 5.32 Å². The molecule has 0 aromatic heterocycles. The predicted molar refractivity (Wildman–Crippen MR) is 166 cm³/mol. The second kappa shape index (κ2) is 20.3. The van der Waals surface area contributed by atoms with E-state index in [2.05, 4.69) is 12.2 Å². The molecule has 10 heteroatoms. The van der Waals surface area contributed by atoms with Gasteiger partial charge in [0.15, 0.2) is 18.2 Å². The van der Waals surface area contributed by atoms with Crippen LogP contribution >= 0.6 is 0 Å². The largest absolute Gasteiger partial charge is 0.454 e. The van der Waals surface area contributed by atoms with Crippen molar-refractivity contribution in [3.63, 3.8) is 0 Å². The Bertz CT molecular complexity index is 1060. The molecule has 2 unspecified atom stereocenters. The van der Waals surface area contributed by atoms with Gasteiger partial charge in [-0.3, -0.25) is 14.4 Å². The van der Waals surface area contributed by atoms with Gasteiger partial charge in [-0.15, -0.1) is 0 Å². The Morgan fingerprint density at radius 2 is 1.50 bits per heavy atom. The van der Waals surface area contributed by atoms with Crippen LogP contribution in [0.25, 0.3) is 0 Å². The fourth-order valence-corrected chi connectivity index (χ4v) is 5.24. The zero-order valence-corrected chi connectivity index (χ0v) is 27.2. The lowest BCUT2D eigenvalue weighted by molar-refractivity contribution is -0.138. The monoisotopic (exact) mass is 626 g/mol. The lowest BCUT2D eigenvalue weighted by atomic mass is 9.87. The van der Waals surface area contributed by atoms with Crippen molar-refractivity contribution in [2.24, 2.45) is 23.5 Å². The molecule has 3 atom stereocenters. The smallest absolute Gasteiger partial charge is 0.417 e. The molecule has 0 aliphatic rings. The topological polar surface area (TPSA) is 116 Å². The predicted octanol–water partition coefficient (Wildman–Crippen LogP) is 7.36. The average molecular weight is 627 g/mol. The summed E-state index contributed by atoms with van der Waals surface area (Å²) in [5.74, 6) is -3.65. The number of esters is 1. The van der Waals surface area contributed by atoms with Gasteiger partial charge in [0.25, 0.3) is 0 Å². The molecule has 0 bridgehead atoms. The van der Waals surface area contributed by atoms with Crippen LogP contribution in [0.2, 0.25) is 0 Å². The highest BCUT2D eigenvalue weighted by molar-refractivity contribution is 5.96. The summed E-state index contributed by atoms with van der Waals surface area (Å²) in [6, 6.07) is 2.54. The number of aryl methyl sites for hydroxylation is 1. The van der Waals surface area contributed by atoms with Crippen LogP contribution in [0.5, 0.6) is 0 Å². The zero-order valence-electron chi connectivity index (χ0n) is 27.2. The number of benzene rings is 1. The number of ketones is 2. The summed E-state index contributed by atoms with van der Waals surface area (Å²) in [6.45, 7) is 8.64. The number of nitrogens with two attached hydrogens (primary N) is 1. The van der Waals surface area contributed by atoms with E-state index in [1.165, 1.54) is 44.7 Å². The molecule has 3 N–H and O–H groups in total. The number of Topliss-reactive ketones (excluding diaryl/α,β-unsaturated/α-hetero) is 2. The molecule has 1 aromatic rings. The van der Waals surface area contributed by atoms with Gasteiger partial charge in [0.2, 0.25) is 5.91 Å². The Labute approximate surface area is 261 Å². The fourth-order valence-electron chi connectivity index (χ4n) is 5.24. The Morgan fingerprint density at radius 3 is 2.09 bits per heavy atom. The maximum atomic E-state index is 13.5. The van der Waals surface area contributed by atoms with Crippen molar-refractivity contribution in [2.45, 2.75) is 124 Å². The molecule has 44 heavy (non-hydrogen) atoms. The first-order valence-corrected chi connectivity index (χ1v) is 16.1. The molecule has 0 heterocycles. The third-order valence-corrected chi connectivity index (χ3v) is 8.04. The quantitative estimate of drug-likeness (QED) is 0.103. The van der Waals surface area contributed by atoms with E-state index < -0.39 is 47.6 Å². The number of carbonyl (C=O) groups excluding carboxylic acids is 4. The third kappa shape index (κ3) is 13.9. The molecule has 0 saturated carbocycles. The SMILES string of the molecule is CCCCCCCCCC(C)C(=O)NC(C(=O)C[C@@H](CCCCN)C(=O)COC(=O)c1c(C)cccc1C(F)(F)F)C(C)C. The molecular weight excluding hydrogens is 573 g/mol. The van der Waals surface area contributed by atoms with Crippen molar-refractivity contribution in [2.75, 3.05) is 13.2 Å². The summed E-state index contributed by atoms with van der Waals surface area (Å²) in [7, 11) is 0. The van der Waals surface area contributed by atoms with E-state index in [0.29, 0.717) is 25.8 Å². The molecule has 0 aliphatic heterocycles. The zero-order chi connectivity index (χ0) is 33.3. The van der Waals surface area contributed by atoms with E-state index in [1.807, 2.05) is 20.8 Å². The summed E-state index contributed by atoms with van der Waals surface area (Å²) in [6.07, 6.45) is 5.21. The summed E-state index contributed by atoms with van der Waals surface area (Å²) >= 11 is 0. The molecule has 1 amide bonds. The standard InChI is InChI=1S/C34H53F3N2O5/c1-6-7-8-9-10-11-12-16-25(5)32(42)39-31(23(2)3)28(40)21-26(18-13-14-20-38)29(41)22-44-33(43)30-24(4)17-15-19-27(30)34(35,36)37/h15,17,19,23,25-26,31H,6-14,16,18,20-22,38H2,1-5H3,(H,39,42)/t25?,26-,31?/m1/s1. The summed E-state index contributed by atoms with van der Waals surface area (Å²) in [5, 5.41) is 2.88. The van der Waals surface area contributed by atoms with Crippen LogP contribution in [-0.2, 0) is 25.3 Å². The fraction of sp³-hybridized carbons (Fsp3) is 0.706. The van der Waals surface area contributed by atoms with E-state index >= 15 is 0 Å². The highest BCUT2D eigenvalue weighted by atomic mass is 19.4. The summed E-state index contributed by atoms with van der Waals surface area (Å²) in [4.78, 5) is 52.2. The van der Waals surface area contributed by atoms with Crippen molar-refractivity contribution in [3.05, 3.63) is 34.9 Å². The number of halogens is 3. The number of rotatable bonds is 22. The molecule has 0 radical (unpaired) electrons. The lowest BCUT2D eigenvalue weighted by Gasteiger charge is -2.25. The highest BCUT2D eigenvalue weighted by Crippen LogP contribution is 2.33. The van der Waals surface area contributed by atoms with Gasteiger partial charge in [-0.1, -0.05) is 91.2 Å². The van der Waals surface area contributed by atoms with Crippen molar-refractivity contribution in [1.29, 1.82) is 0 Å². The molecule has 0 saturated heterocycles. The normalized spacial score (nSPS) is 13.8. The van der Waals surface area contributed by atoms with Gasteiger partial charge in [0, 0.05) is 18.3 Å². The molecular formula is C34H53F3N2O5. The summed E-state index contributed by atoms with van der Waals surface area (Å²) < 4.78 is 45.5. The van der Waals surface area contributed by atoms with Gasteiger partial charge < -0.3 is 15.8 Å². The minimum Gasteiger partial charge on any atom is -0.454 e. The number of carbonyl (C=O) groups is 4. The van der Waals surface area contributed by atoms with Crippen LogP contribution in [0.4, 0.5) is 13.2 Å². The minimum atomic E-state index is -4.77. The molecule has 1 rings (SSSR count). The van der Waals surface area contributed by atoms with Crippen LogP contribution in [0, 0.1) is 24.7 Å². The van der Waals surface area contributed by atoms with Gasteiger partial charge in [-0.05, 0) is 50.3 Å². The summed E-state index contributed by atoms with van der Waals surface area (Å²) in [5.41, 5.74) is 3.89. The molecule has 1 aromatic carbocycles. The molecule has 0 fully saturated rings. The van der Waals surface area contributed by atoms with E-state index in [9.17, 15) is 32.3 Å². The van der Waals surface area contributed by atoms with Crippen LogP contribution in [-0.4, -0.2) is 42.6 Å². The minimum absolute atomic E-state index is 0.0728. The highest BCUT2D eigenvalue weighted by Gasteiger charge is 2.37. The van der Waals surface area contributed by atoms with Crippen molar-refractivity contribution in [3.8, 4) is 0 Å². The van der Waals surface area contributed by atoms with Crippen LogP contribution in [0.3, 0.4) is 0 Å². The van der Waals surface area contributed by atoms with E-state index in [0.717, 1.165) is 31.7 Å². The van der Waals surface area contributed by atoms with Gasteiger partial charge in [-0.2, -0.15) is 13.2 Å². The van der Waals surface area contributed by atoms with Gasteiger partial charge >= 0.3 is 12.1 Å². The van der Waals surface area contributed by atoms with E-state index in [-0.39, 0.29) is 35.5 Å². The first-order chi connectivity index (χ1) is 20.7. The van der Waals surface area contributed by atoms with Gasteiger partial charge in [0.05, 0.1) is 17.2 Å². The molecule has 0 aliphatic carbocycles. The second-order valence-electron chi connectivity index (χ2n) is 12.2. The van der Waals surface area contributed by atoms with Gasteiger partial charge in [0.1, 0.15) is 0 Å². The van der Waals surface area contributed by atoms with Crippen molar-refractivity contribution < 1.29 is 37.1 Å². The maximum Gasteiger partial charge on any atom is 0.417 e. The van der Waals surface area contributed by atoms with E-state index in [1.54, 1.807) is 0 Å². The van der Waals surface area contributed by atoms with Crippen LogP contribution in [0.1, 0.15) is 126 Å². The number of hydrogen-bond donors (Lipinski definition) is 2. The third-order valence-electron chi connectivity index (χ3n) is 8.04. The molecule has 7 nitrogen and oxygen atoms in total. The van der Waals surface area contributed by atoms with Gasteiger partial charge in [-0.25, -0.2) is 4.79 Å². The maximum absolute atomic E-state index is 13.5. The van der Waals surface area contributed by atoms with Crippen LogP contribution in [0.15, 0.2) is 18.2 Å². The van der Waals surface area contributed by atoms with Crippen molar-refractivity contribution >= 4 is 23.4 Å². The Morgan fingerprint density at radius 1 is 0.886 bits per heavy atom. The Hall–Kier alpha value is -2.75. The first-order valence-electron chi connectivity index (χ1n) is 16.1. The number of hydrogen-bond acceptors (Lipinski definition) is 6. The lowest BCUT2D eigenvalue weighted by Crippen LogP contribution is -2.47. The Kier molecular flexibility index (Phi) is 18.1. The average Bonchev–Trinajstić information content (AvgIpc) is 2.96. The number of unbranched alkanes of at least 4 members (excludes halogenated alkanes) is 7. The van der Waals surface area contributed by atoms with Crippen LogP contribution < -0.4 is 11.1 Å². The number of alkyl halides is 3. The molecule has 0 spiro atoms. The number of nitrogens with one attached hydrogen (secondary N) is 1.